The lowest BCUT2D eigenvalue weighted by atomic mass is 10.0. The fourth-order valence-electron chi connectivity index (χ4n) is 3.01. The SMILES string of the molecule is Cc1cc(C(C)NC(=O)c2ccnc(CC(=O)C3CC3)n2)cc(Cl)c1OCC(F)F. The molecule has 1 atom stereocenters. The molecule has 1 amide bonds. The topological polar surface area (TPSA) is 81.2 Å². The van der Waals surface area contributed by atoms with Crippen LogP contribution in [0.1, 0.15) is 53.2 Å². The predicted molar refractivity (Wildman–Crippen MR) is 107 cm³/mol. The van der Waals surface area contributed by atoms with Gasteiger partial charge in [-0.1, -0.05) is 17.7 Å². The largest absolute Gasteiger partial charge is 0.486 e. The van der Waals surface area contributed by atoms with Crippen LogP contribution < -0.4 is 10.1 Å². The molecule has 1 unspecified atom stereocenters. The van der Waals surface area contributed by atoms with Gasteiger partial charge in [0.15, 0.2) is 0 Å². The number of hydrogen-bond acceptors (Lipinski definition) is 5. The van der Waals surface area contributed by atoms with Crippen molar-refractivity contribution in [3.05, 3.63) is 52.1 Å². The molecule has 0 aliphatic heterocycles. The van der Waals surface area contributed by atoms with E-state index in [1.807, 2.05) is 0 Å². The Morgan fingerprint density at radius 2 is 2.07 bits per heavy atom. The minimum atomic E-state index is -2.60. The molecular formula is C21H22ClF2N3O3. The fraction of sp³-hybridized carbons (Fsp3) is 0.429. The first-order chi connectivity index (χ1) is 14.2. The number of carbonyl (C=O) groups is 2. The first-order valence-corrected chi connectivity index (χ1v) is 9.99. The number of nitrogens with one attached hydrogen (secondary N) is 1. The lowest BCUT2D eigenvalue weighted by Crippen LogP contribution is -2.28. The standard InChI is InChI=1S/C21H22ClF2N3O3/c1-11-7-14(8-15(22)20(11)30-10-18(23)24)12(2)26-21(29)16-5-6-25-19(27-16)9-17(28)13-3-4-13/h5-8,12-13,18H,3-4,9-10H2,1-2H3,(H,26,29). The van der Waals surface area contributed by atoms with Crippen LogP contribution in [0, 0.1) is 12.8 Å². The number of alkyl halides is 2. The Balaban J connectivity index is 1.67. The molecule has 1 saturated carbocycles. The van der Waals surface area contributed by atoms with Gasteiger partial charge in [0.05, 0.1) is 17.5 Å². The molecule has 3 rings (SSSR count). The van der Waals surface area contributed by atoms with E-state index in [0.29, 0.717) is 17.0 Å². The molecule has 0 bridgehead atoms. The van der Waals surface area contributed by atoms with Crippen molar-refractivity contribution in [2.45, 2.75) is 45.6 Å². The lowest BCUT2D eigenvalue weighted by molar-refractivity contribution is -0.119. The van der Waals surface area contributed by atoms with Gasteiger partial charge in [-0.05, 0) is 49.9 Å². The lowest BCUT2D eigenvalue weighted by Gasteiger charge is -2.18. The molecule has 1 aliphatic carbocycles. The van der Waals surface area contributed by atoms with Crippen LogP contribution in [0.15, 0.2) is 24.4 Å². The van der Waals surface area contributed by atoms with Gasteiger partial charge in [-0.2, -0.15) is 0 Å². The fourth-order valence-corrected chi connectivity index (χ4v) is 3.34. The molecule has 1 heterocycles. The van der Waals surface area contributed by atoms with E-state index in [9.17, 15) is 18.4 Å². The summed E-state index contributed by atoms with van der Waals surface area (Å²) in [5.41, 5.74) is 1.44. The van der Waals surface area contributed by atoms with Crippen molar-refractivity contribution in [2.75, 3.05) is 6.61 Å². The van der Waals surface area contributed by atoms with E-state index in [-0.39, 0.29) is 34.6 Å². The number of ketones is 1. The third-order valence-corrected chi connectivity index (χ3v) is 5.04. The van der Waals surface area contributed by atoms with Gasteiger partial charge in [-0.3, -0.25) is 9.59 Å². The van der Waals surface area contributed by atoms with E-state index in [4.69, 9.17) is 16.3 Å². The summed E-state index contributed by atoms with van der Waals surface area (Å²) >= 11 is 6.18. The van der Waals surface area contributed by atoms with Crippen LogP contribution in [-0.4, -0.2) is 34.7 Å². The molecule has 1 N–H and O–H groups in total. The van der Waals surface area contributed by atoms with Gasteiger partial charge in [-0.25, -0.2) is 18.7 Å². The molecule has 1 aliphatic rings. The molecule has 6 nitrogen and oxygen atoms in total. The number of Topliss-reactive ketones (excluding diaryl/α,β-unsaturated/α-hetero) is 1. The highest BCUT2D eigenvalue weighted by molar-refractivity contribution is 6.32. The summed E-state index contributed by atoms with van der Waals surface area (Å²) in [5.74, 6) is 0.301. The maximum Gasteiger partial charge on any atom is 0.272 e. The van der Waals surface area contributed by atoms with Crippen LogP contribution in [0.3, 0.4) is 0 Å². The molecule has 0 radical (unpaired) electrons. The van der Waals surface area contributed by atoms with E-state index >= 15 is 0 Å². The highest BCUT2D eigenvalue weighted by Gasteiger charge is 2.30. The molecule has 2 aromatic rings. The van der Waals surface area contributed by atoms with Gasteiger partial charge in [0.2, 0.25) is 0 Å². The molecular weight excluding hydrogens is 416 g/mol. The van der Waals surface area contributed by atoms with Crippen LogP contribution in [0.4, 0.5) is 8.78 Å². The summed E-state index contributed by atoms with van der Waals surface area (Å²) in [7, 11) is 0. The Kier molecular flexibility index (Phi) is 6.97. The minimum Gasteiger partial charge on any atom is -0.486 e. The number of ether oxygens (including phenoxy) is 1. The second-order valence-corrected chi connectivity index (χ2v) is 7.73. The molecule has 0 spiro atoms. The highest BCUT2D eigenvalue weighted by Crippen LogP contribution is 2.32. The van der Waals surface area contributed by atoms with Crippen LogP contribution in [0.25, 0.3) is 0 Å². The number of carbonyl (C=O) groups excluding carboxylic acids is 2. The van der Waals surface area contributed by atoms with Crippen molar-refractivity contribution >= 4 is 23.3 Å². The molecule has 1 aromatic heterocycles. The van der Waals surface area contributed by atoms with Gasteiger partial charge in [0.25, 0.3) is 12.3 Å². The van der Waals surface area contributed by atoms with Crippen molar-refractivity contribution in [1.29, 1.82) is 0 Å². The molecule has 9 heteroatoms. The van der Waals surface area contributed by atoms with Crippen LogP contribution in [0.5, 0.6) is 5.75 Å². The zero-order valence-electron chi connectivity index (χ0n) is 16.6. The van der Waals surface area contributed by atoms with Gasteiger partial charge in [0.1, 0.15) is 29.7 Å². The van der Waals surface area contributed by atoms with Crippen molar-refractivity contribution in [3.8, 4) is 5.75 Å². The van der Waals surface area contributed by atoms with Crippen LogP contribution in [0.2, 0.25) is 5.02 Å². The van der Waals surface area contributed by atoms with Gasteiger partial charge < -0.3 is 10.1 Å². The van der Waals surface area contributed by atoms with Gasteiger partial charge in [0, 0.05) is 12.1 Å². The number of hydrogen-bond donors (Lipinski definition) is 1. The van der Waals surface area contributed by atoms with E-state index in [0.717, 1.165) is 12.8 Å². The second kappa shape index (κ2) is 9.47. The van der Waals surface area contributed by atoms with E-state index in [1.54, 1.807) is 26.0 Å². The second-order valence-electron chi connectivity index (χ2n) is 7.32. The van der Waals surface area contributed by atoms with Gasteiger partial charge in [-0.15, -0.1) is 0 Å². The zero-order chi connectivity index (χ0) is 21.8. The number of nitrogens with zero attached hydrogens (tertiary/aromatic N) is 2. The van der Waals surface area contributed by atoms with E-state index < -0.39 is 25.0 Å². The van der Waals surface area contributed by atoms with Crippen LogP contribution in [-0.2, 0) is 11.2 Å². The van der Waals surface area contributed by atoms with E-state index in [1.165, 1.54) is 12.3 Å². The summed E-state index contributed by atoms with van der Waals surface area (Å²) in [6.07, 6.45) is 0.791. The number of rotatable bonds is 9. The smallest absolute Gasteiger partial charge is 0.272 e. The summed E-state index contributed by atoms with van der Waals surface area (Å²) in [5, 5.41) is 3.01. The Morgan fingerprint density at radius 1 is 1.33 bits per heavy atom. The molecule has 1 aromatic carbocycles. The minimum absolute atomic E-state index is 0.0974. The predicted octanol–water partition coefficient (Wildman–Crippen LogP) is 4.09. The quantitative estimate of drug-likeness (QED) is 0.639. The first-order valence-electron chi connectivity index (χ1n) is 9.61. The van der Waals surface area contributed by atoms with Crippen molar-refractivity contribution in [2.24, 2.45) is 5.92 Å². The Morgan fingerprint density at radius 3 is 2.70 bits per heavy atom. The third-order valence-electron chi connectivity index (χ3n) is 4.76. The average molecular weight is 438 g/mol. The zero-order valence-corrected chi connectivity index (χ0v) is 17.4. The highest BCUT2D eigenvalue weighted by atomic mass is 35.5. The average Bonchev–Trinajstić information content (AvgIpc) is 3.52. The third kappa shape index (κ3) is 5.72. The number of aromatic nitrogens is 2. The van der Waals surface area contributed by atoms with Crippen LogP contribution >= 0.6 is 11.6 Å². The summed E-state index contributed by atoms with van der Waals surface area (Å²) < 4.78 is 29.9. The number of amides is 1. The number of halogens is 3. The Labute approximate surface area is 178 Å². The molecule has 1 fully saturated rings. The number of aryl methyl sites for hydroxylation is 1. The van der Waals surface area contributed by atoms with E-state index in [2.05, 4.69) is 15.3 Å². The normalized spacial score (nSPS) is 14.5. The molecule has 0 saturated heterocycles. The summed E-state index contributed by atoms with van der Waals surface area (Å²) in [6, 6.07) is 4.34. The monoisotopic (exact) mass is 437 g/mol. The molecule has 160 valence electrons. The number of benzene rings is 1. The maximum absolute atomic E-state index is 12.6. The Bertz CT molecular complexity index is 928. The Hall–Kier alpha value is -2.61. The van der Waals surface area contributed by atoms with Crippen molar-refractivity contribution < 1.29 is 23.1 Å². The summed E-state index contributed by atoms with van der Waals surface area (Å²) in [6.45, 7) is 2.71. The maximum atomic E-state index is 12.6. The van der Waals surface area contributed by atoms with Crippen molar-refractivity contribution in [3.63, 3.8) is 0 Å². The summed E-state index contributed by atoms with van der Waals surface area (Å²) in [4.78, 5) is 32.8. The van der Waals surface area contributed by atoms with Crippen molar-refractivity contribution in [1.82, 2.24) is 15.3 Å². The molecule has 30 heavy (non-hydrogen) atoms. The van der Waals surface area contributed by atoms with Gasteiger partial charge >= 0.3 is 0 Å². The first kappa shape index (κ1) is 22.1.